The largest absolute Gasteiger partial charge is 0.383 e. The maximum absolute atomic E-state index is 5.90. The van der Waals surface area contributed by atoms with Gasteiger partial charge in [0, 0.05) is 12.1 Å². The van der Waals surface area contributed by atoms with Gasteiger partial charge < -0.3 is 11.1 Å². The highest BCUT2D eigenvalue weighted by atomic mass is 15.0. The van der Waals surface area contributed by atoms with Crippen molar-refractivity contribution in [3.8, 4) is 0 Å². The summed E-state index contributed by atoms with van der Waals surface area (Å²) in [6, 6.07) is 14.7. The van der Waals surface area contributed by atoms with Crippen LogP contribution >= 0.6 is 0 Å². The number of rotatable bonds is 4. The summed E-state index contributed by atoms with van der Waals surface area (Å²) in [5.74, 6) is 1.37. The second-order valence-corrected chi connectivity index (χ2v) is 4.93. The Morgan fingerprint density at radius 3 is 2.71 bits per heavy atom. The van der Waals surface area contributed by atoms with Crippen molar-refractivity contribution in [2.45, 2.75) is 19.9 Å². The van der Waals surface area contributed by atoms with Gasteiger partial charge in [0.1, 0.15) is 18.0 Å². The maximum atomic E-state index is 5.90. The molecule has 1 aromatic heterocycles. The minimum atomic E-state index is 0.549. The standard InChI is InChI=1S/C17H18N4/c1-2-14-16(18)20-11-21-17(14)19-10-13-8-5-7-12-6-3-4-9-15(12)13/h3-9,11H,2,10H2,1H3,(H3,18,19,20,21). The summed E-state index contributed by atoms with van der Waals surface area (Å²) in [5.41, 5.74) is 8.11. The Labute approximate surface area is 124 Å². The first-order valence-electron chi connectivity index (χ1n) is 7.09. The lowest BCUT2D eigenvalue weighted by Gasteiger charge is -2.12. The van der Waals surface area contributed by atoms with E-state index in [9.17, 15) is 0 Å². The van der Waals surface area contributed by atoms with Crippen LogP contribution in [0.4, 0.5) is 11.6 Å². The van der Waals surface area contributed by atoms with E-state index in [0.717, 1.165) is 17.8 Å². The van der Waals surface area contributed by atoms with Crippen LogP contribution in [-0.2, 0) is 13.0 Å². The van der Waals surface area contributed by atoms with Crippen LogP contribution in [0, 0.1) is 0 Å². The summed E-state index contributed by atoms with van der Waals surface area (Å²) in [7, 11) is 0. The summed E-state index contributed by atoms with van der Waals surface area (Å²) in [6.45, 7) is 2.77. The van der Waals surface area contributed by atoms with Gasteiger partial charge in [-0.15, -0.1) is 0 Å². The number of nitrogen functional groups attached to an aromatic ring is 1. The number of nitrogens with one attached hydrogen (secondary N) is 1. The van der Waals surface area contributed by atoms with Crippen LogP contribution in [0.1, 0.15) is 18.1 Å². The molecular formula is C17H18N4. The minimum absolute atomic E-state index is 0.549. The molecule has 3 N–H and O–H groups in total. The Balaban J connectivity index is 1.89. The summed E-state index contributed by atoms with van der Waals surface area (Å²) < 4.78 is 0. The summed E-state index contributed by atoms with van der Waals surface area (Å²) in [5, 5.41) is 5.88. The zero-order valence-electron chi connectivity index (χ0n) is 12.0. The molecular weight excluding hydrogens is 260 g/mol. The molecule has 0 aliphatic heterocycles. The number of nitrogens with zero attached hydrogens (tertiary/aromatic N) is 2. The van der Waals surface area contributed by atoms with E-state index in [2.05, 4.69) is 64.7 Å². The summed E-state index contributed by atoms with van der Waals surface area (Å²) in [6.07, 6.45) is 2.31. The van der Waals surface area contributed by atoms with E-state index >= 15 is 0 Å². The first kappa shape index (κ1) is 13.4. The van der Waals surface area contributed by atoms with Gasteiger partial charge in [-0.2, -0.15) is 0 Å². The molecule has 0 spiro atoms. The maximum Gasteiger partial charge on any atom is 0.134 e. The summed E-state index contributed by atoms with van der Waals surface area (Å²) >= 11 is 0. The number of benzene rings is 2. The van der Waals surface area contributed by atoms with Gasteiger partial charge in [-0.05, 0) is 22.8 Å². The Morgan fingerprint density at radius 1 is 1.05 bits per heavy atom. The molecule has 0 atom stereocenters. The molecule has 4 heteroatoms. The number of aromatic nitrogens is 2. The van der Waals surface area contributed by atoms with Crippen LogP contribution in [-0.4, -0.2) is 9.97 Å². The van der Waals surface area contributed by atoms with Crippen molar-refractivity contribution in [2.24, 2.45) is 0 Å². The first-order chi connectivity index (χ1) is 10.3. The quantitative estimate of drug-likeness (QED) is 0.768. The van der Waals surface area contributed by atoms with Crippen LogP contribution < -0.4 is 11.1 Å². The lowest BCUT2D eigenvalue weighted by molar-refractivity contribution is 1.02. The molecule has 0 amide bonds. The Kier molecular flexibility index (Phi) is 3.69. The molecule has 3 rings (SSSR count). The van der Waals surface area contributed by atoms with Crippen molar-refractivity contribution in [2.75, 3.05) is 11.1 Å². The highest BCUT2D eigenvalue weighted by molar-refractivity contribution is 5.85. The van der Waals surface area contributed by atoms with Gasteiger partial charge in [0.05, 0.1) is 0 Å². The predicted molar refractivity (Wildman–Crippen MR) is 87.1 cm³/mol. The second kappa shape index (κ2) is 5.79. The molecule has 0 saturated heterocycles. The molecule has 2 aromatic carbocycles. The Bertz CT molecular complexity index is 762. The van der Waals surface area contributed by atoms with E-state index in [1.165, 1.54) is 22.7 Å². The van der Waals surface area contributed by atoms with Crippen LogP contribution in [0.3, 0.4) is 0 Å². The lowest BCUT2D eigenvalue weighted by Crippen LogP contribution is -2.08. The van der Waals surface area contributed by atoms with E-state index in [4.69, 9.17) is 5.73 Å². The molecule has 4 nitrogen and oxygen atoms in total. The molecule has 0 fully saturated rings. The fourth-order valence-corrected chi connectivity index (χ4v) is 2.55. The van der Waals surface area contributed by atoms with Crippen molar-refractivity contribution < 1.29 is 0 Å². The van der Waals surface area contributed by atoms with Crippen molar-refractivity contribution in [1.29, 1.82) is 0 Å². The van der Waals surface area contributed by atoms with E-state index in [1.54, 1.807) is 0 Å². The lowest BCUT2D eigenvalue weighted by atomic mass is 10.0. The molecule has 0 aliphatic carbocycles. The van der Waals surface area contributed by atoms with Crippen molar-refractivity contribution >= 4 is 22.4 Å². The number of hydrogen-bond acceptors (Lipinski definition) is 4. The van der Waals surface area contributed by atoms with Gasteiger partial charge in [0.25, 0.3) is 0 Å². The molecule has 0 unspecified atom stereocenters. The van der Waals surface area contributed by atoms with Gasteiger partial charge in [-0.25, -0.2) is 9.97 Å². The molecule has 3 aromatic rings. The fourth-order valence-electron chi connectivity index (χ4n) is 2.55. The molecule has 106 valence electrons. The molecule has 0 saturated carbocycles. The van der Waals surface area contributed by atoms with Gasteiger partial charge in [-0.1, -0.05) is 49.4 Å². The van der Waals surface area contributed by atoms with E-state index < -0.39 is 0 Å². The van der Waals surface area contributed by atoms with Crippen LogP contribution in [0.2, 0.25) is 0 Å². The molecule has 21 heavy (non-hydrogen) atoms. The van der Waals surface area contributed by atoms with Gasteiger partial charge in [-0.3, -0.25) is 0 Å². The molecule has 1 heterocycles. The third-order valence-electron chi connectivity index (χ3n) is 3.66. The monoisotopic (exact) mass is 278 g/mol. The highest BCUT2D eigenvalue weighted by Crippen LogP contribution is 2.22. The van der Waals surface area contributed by atoms with Gasteiger partial charge in [0.15, 0.2) is 0 Å². The Hall–Kier alpha value is -2.62. The SMILES string of the molecule is CCc1c(N)ncnc1NCc1cccc2ccccc12. The fraction of sp³-hybridized carbons (Fsp3) is 0.176. The third-order valence-corrected chi connectivity index (χ3v) is 3.66. The van der Waals surface area contributed by atoms with E-state index in [1.807, 2.05) is 0 Å². The molecule has 0 radical (unpaired) electrons. The van der Waals surface area contributed by atoms with Crippen LogP contribution in [0.15, 0.2) is 48.8 Å². The average Bonchev–Trinajstić information content (AvgIpc) is 2.53. The smallest absolute Gasteiger partial charge is 0.134 e. The highest BCUT2D eigenvalue weighted by Gasteiger charge is 2.07. The van der Waals surface area contributed by atoms with Gasteiger partial charge >= 0.3 is 0 Å². The van der Waals surface area contributed by atoms with Gasteiger partial charge in [0.2, 0.25) is 0 Å². The summed E-state index contributed by atoms with van der Waals surface area (Å²) in [4.78, 5) is 8.35. The zero-order chi connectivity index (χ0) is 14.7. The topological polar surface area (TPSA) is 63.8 Å². The second-order valence-electron chi connectivity index (χ2n) is 4.93. The van der Waals surface area contributed by atoms with Crippen molar-refractivity contribution in [1.82, 2.24) is 9.97 Å². The van der Waals surface area contributed by atoms with Crippen LogP contribution in [0.25, 0.3) is 10.8 Å². The first-order valence-corrected chi connectivity index (χ1v) is 7.09. The van der Waals surface area contributed by atoms with E-state index in [0.29, 0.717) is 12.4 Å². The van der Waals surface area contributed by atoms with E-state index in [-0.39, 0.29) is 0 Å². The Morgan fingerprint density at radius 2 is 1.86 bits per heavy atom. The average molecular weight is 278 g/mol. The predicted octanol–water partition coefficient (Wildman–Crippen LogP) is 3.39. The van der Waals surface area contributed by atoms with Crippen molar-refractivity contribution in [3.05, 3.63) is 59.9 Å². The van der Waals surface area contributed by atoms with Crippen LogP contribution in [0.5, 0.6) is 0 Å². The third kappa shape index (κ3) is 2.65. The number of fused-ring (bicyclic) bond motifs is 1. The minimum Gasteiger partial charge on any atom is -0.383 e. The number of hydrogen-bond donors (Lipinski definition) is 2. The molecule has 0 bridgehead atoms. The van der Waals surface area contributed by atoms with Crippen molar-refractivity contribution in [3.63, 3.8) is 0 Å². The number of nitrogens with two attached hydrogens (primary N) is 1. The zero-order valence-corrected chi connectivity index (χ0v) is 12.0. The number of anilines is 2. The molecule has 0 aliphatic rings. The normalized spacial score (nSPS) is 10.7.